The molecule has 0 bridgehead atoms. The van der Waals surface area contributed by atoms with E-state index >= 15 is 0 Å². The number of rotatable bonds is 7. The number of unbranched alkanes of at least 4 members (excludes halogenated alkanes) is 1. The van der Waals surface area contributed by atoms with E-state index in [1.165, 1.54) is 32.2 Å². The van der Waals surface area contributed by atoms with Gasteiger partial charge in [-0.15, -0.1) is 0 Å². The molecule has 0 fully saturated rings. The molecule has 0 saturated heterocycles. The zero-order valence-electron chi connectivity index (χ0n) is 10.1. The Morgan fingerprint density at radius 2 is 1.85 bits per heavy atom. The van der Waals surface area contributed by atoms with Gasteiger partial charge in [0.15, 0.2) is 7.98 Å². The molecule has 0 N–H and O–H groups in total. The van der Waals surface area contributed by atoms with Crippen LogP contribution in [0.15, 0.2) is 0 Å². The van der Waals surface area contributed by atoms with Gasteiger partial charge >= 0.3 is 0 Å². The molecule has 0 aromatic rings. The lowest BCUT2D eigenvalue weighted by molar-refractivity contribution is 0.332. The Bertz CT molecular complexity index is 113. The van der Waals surface area contributed by atoms with Crippen molar-refractivity contribution in [1.29, 1.82) is 0 Å². The summed E-state index contributed by atoms with van der Waals surface area (Å²) in [6.07, 6.45) is 5.52. The molecular weight excluding hydrogens is 157 g/mol. The number of hydrogen-bond donors (Lipinski definition) is 0. The van der Waals surface area contributed by atoms with Crippen molar-refractivity contribution in [2.75, 3.05) is 13.6 Å². The number of nitrogens with zero attached hydrogens (tertiary/aromatic N) is 1. The molecule has 0 aromatic heterocycles. The normalized spacial score (nSPS) is 14.0. The Hall–Kier alpha value is 0.0249. The van der Waals surface area contributed by atoms with Crippen molar-refractivity contribution >= 4 is 7.98 Å². The first-order valence-electron chi connectivity index (χ1n) is 5.72. The lowest BCUT2D eigenvalue weighted by atomic mass is 9.88. The van der Waals surface area contributed by atoms with E-state index in [0.717, 1.165) is 11.8 Å². The summed E-state index contributed by atoms with van der Waals surface area (Å²) < 4.78 is 0. The van der Waals surface area contributed by atoms with Gasteiger partial charge in [-0.2, -0.15) is 0 Å². The average molecular weight is 183 g/mol. The van der Waals surface area contributed by atoms with Gasteiger partial charge in [-0.1, -0.05) is 40.0 Å². The van der Waals surface area contributed by atoms with Gasteiger partial charge in [0.25, 0.3) is 0 Å². The molecule has 0 aliphatic heterocycles. The second kappa shape index (κ2) is 7.43. The van der Waals surface area contributed by atoms with Crippen LogP contribution < -0.4 is 0 Å². The summed E-state index contributed by atoms with van der Waals surface area (Å²) in [6.45, 7) is 8.26. The fourth-order valence-electron chi connectivity index (χ4n) is 1.84. The third kappa shape index (κ3) is 7.12. The molecule has 0 heterocycles. The first-order chi connectivity index (χ1) is 6.07. The largest absolute Gasteiger partial charge is 0.351 e. The van der Waals surface area contributed by atoms with Crippen molar-refractivity contribution in [3.63, 3.8) is 0 Å². The van der Waals surface area contributed by atoms with Gasteiger partial charge in [0.2, 0.25) is 0 Å². The lowest BCUT2D eigenvalue weighted by Gasteiger charge is -2.19. The highest BCUT2D eigenvalue weighted by atomic mass is 15.0. The molecule has 0 amide bonds. The fourth-order valence-corrected chi connectivity index (χ4v) is 1.84. The van der Waals surface area contributed by atoms with E-state index in [9.17, 15) is 0 Å². The van der Waals surface area contributed by atoms with Crippen LogP contribution in [0, 0.1) is 11.8 Å². The van der Waals surface area contributed by atoms with Crippen LogP contribution >= 0.6 is 0 Å². The maximum absolute atomic E-state index is 2.35. The Labute approximate surface area is 85.3 Å². The predicted octanol–water partition coefficient (Wildman–Crippen LogP) is 2.32. The molecule has 13 heavy (non-hydrogen) atoms. The summed E-state index contributed by atoms with van der Waals surface area (Å²) in [6, 6.07) is 0. The Morgan fingerprint density at radius 1 is 1.23 bits per heavy atom. The lowest BCUT2D eigenvalue weighted by Crippen LogP contribution is -2.15. The minimum atomic E-state index is 0.865. The van der Waals surface area contributed by atoms with Gasteiger partial charge in [-0.3, -0.25) is 0 Å². The SMILES string of the molecule is BN(C)CCCCC(CC)C(C)C. The van der Waals surface area contributed by atoms with E-state index < -0.39 is 0 Å². The van der Waals surface area contributed by atoms with Crippen molar-refractivity contribution in [3.8, 4) is 0 Å². The second-order valence-electron chi connectivity index (χ2n) is 4.71. The van der Waals surface area contributed by atoms with E-state index in [4.69, 9.17) is 0 Å². The molecule has 78 valence electrons. The summed E-state index contributed by atoms with van der Waals surface area (Å²) in [4.78, 5) is 2.27. The maximum atomic E-state index is 2.35. The van der Waals surface area contributed by atoms with Crippen LogP contribution in [0.2, 0.25) is 0 Å². The summed E-state index contributed by atoms with van der Waals surface area (Å²) >= 11 is 0. The van der Waals surface area contributed by atoms with E-state index in [1.54, 1.807) is 0 Å². The van der Waals surface area contributed by atoms with Crippen LogP contribution in [0.25, 0.3) is 0 Å². The van der Waals surface area contributed by atoms with Crippen LogP contribution in [0.1, 0.15) is 46.5 Å². The quantitative estimate of drug-likeness (QED) is 0.432. The third-order valence-electron chi connectivity index (χ3n) is 2.90. The molecule has 0 rings (SSSR count). The molecule has 0 radical (unpaired) electrons. The highest BCUT2D eigenvalue weighted by Gasteiger charge is 2.09. The first-order valence-corrected chi connectivity index (χ1v) is 5.72. The molecule has 1 atom stereocenters. The molecule has 0 spiro atoms. The number of hydrogen-bond acceptors (Lipinski definition) is 1. The highest BCUT2D eigenvalue weighted by molar-refractivity contribution is 6.04. The minimum absolute atomic E-state index is 0.865. The summed E-state index contributed by atoms with van der Waals surface area (Å²) in [5.41, 5.74) is 0. The zero-order chi connectivity index (χ0) is 10.3. The van der Waals surface area contributed by atoms with Crippen molar-refractivity contribution < 1.29 is 0 Å². The highest BCUT2D eigenvalue weighted by Crippen LogP contribution is 2.21. The molecule has 1 unspecified atom stereocenters. The summed E-state index contributed by atoms with van der Waals surface area (Å²) in [7, 11) is 4.31. The molecule has 0 aromatic carbocycles. The average Bonchev–Trinajstić information content (AvgIpc) is 2.03. The van der Waals surface area contributed by atoms with Gasteiger partial charge in [-0.25, -0.2) is 0 Å². The van der Waals surface area contributed by atoms with E-state index in [-0.39, 0.29) is 0 Å². The molecule has 0 saturated carbocycles. The standard InChI is InChI=1S/C11H26BN/c1-5-11(10(2)3)8-6-7-9-13(4)12/h10-11H,5-9,12H2,1-4H3. The van der Waals surface area contributed by atoms with Gasteiger partial charge in [0.05, 0.1) is 0 Å². The molecule has 2 heteroatoms. The Morgan fingerprint density at radius 3 is 2.23 bits per heavy atom. The van der Waals surface area contributed by atoms with E-state index in [2.05, 4.69) is 40.6 Å². The van der Waals surface area contributed by atoms with E-state index in [0.29, 0.717) is 0 Å². The Balaban J connectivity index is 3.39. The Kier molecular flexibility index (Phi) is 7.45. The topological polar surface area (TPSA) is 3.24 Å². The van der Waals surface area contributed by atoms with Crippen molar-refractivity contribution in [3.05, 3.63) is 0 Å². The van der Waals surface area contributed by atoms with Crippen LogP contribution in [-0.4, -0.2) is 26.4 Å². The minimum Gasteiger partial charge on any atom is -0.351 e. The third-order valence-corrected chi connectivity index (χ3v) is 2.90. The van der Waals surface area contributed by atoms with Crippen molar-refractivity contribution in [2.24, 2.45) is 11.8 Å². The molecule has 0 aliphatic rings. The molecule has 0 aliphatic carbocycles. The second-order valence-corrected chi connectivity index (χ2v) is 4.71. The molecular formula is C11H26BN. The van der Waals surface area contributed by atoms with Crippen molar-refractivity contribution in [1.82, 2.24) is 4.81 Å². The predicted molar refractivity (Wildman–Crippen MR) is 63.6 cm³/mol. The van der Waals surface area contributed by atoms with Crippen LogP contribution in [0.3, 0.4) is 0 Å². The van der Waals surface area contributed by atoms with Crippen LogP contribution in [-0.2, 0) is 0 Å². The van der Waals surface area contributed by atoms with Crippen molar-refractivity contribution in [2.45, 2.75) is 46.5 Å². The van der Waals surface area contributed by atoms with Gasteiger partial charge in [-0.05, 0) is 31.8 Å². The van der Waals surface area contributed by atoms with Crippen LogP contribution in [0.5, 0.6) is 0 Å². The van der Waals surface area contributed by atoms with Gasteiger partial charge in [0, 0.05) is 0 Å². The maximum Gasteiger partial charge on any atom is 0.185 e. The van der Waals surface area contributed by atoms with Gasteiger partial charge < -0.3 is 4.81 Å². The summed E-state index contributed by atoms with van der Waals surface area (Å²) in [5, 5.41) is 0. The zero-order valence-corrected chi connectivity index (χ0v) is 10.1. The van der Waals surface area contributed by atoms with Gasteiger partial charge in [0.1, 0.15) is 0 Å². The summed E-state index contributed by atoms with van der Waals surface area (Å²) in [5.74, 6) is 1.81. The van der Waals surface area contributed by atoms with Crippen LogP contribution in [0.4, 0.5) is 0 Å². The van der Waals surface area contributed by atoms with E-state index in [1.807, 2.05) is 0 Å². The first kappa shape index (κ1) is 13.0. The molecule has 1 nitrogen and oxygen atoms in total. The fraction of sp³-hybridized carbons (Fsp3) is 1.00. The monoisotopic (exact) mass is 183 g/mol. The smallest absolute Gasteiger partial charge is 0.185 e.